The van der Waals surface area contributed by atoms with E-state index in [9.17, 15) is 5.11 Å². The smallest absolute Gasteiger partial charge is 0.102 e. The summed E-state index contributed by atoms with van der Waals surface area (Å²) in [6.07, 6.45) is 1.97. The molecule has 1 N–H and O–H groups in total. The molecule has 0 spiro atoms. The second-order valence-corrected chi connectivity index (χ2v) is 4.21. The van der Waals surface area contributed by atoms with E-state index in [-0.39, 0.29) is 6.61 Å². The Bertz CT molecular complexity index is 573. The van der Waals surface area contributed by atoms with Crippen LogP contribution in [0.1, 0.15) is 11.3 Å². The summed E-state index contributed by atoms with van der Waals surface area (Å²) < 4.78 is 2.01. The molecule has 2 aromatic rings. The highest BCUT2D eigenvalue weighted by atomic mass is 16.3. The topological polar surface area (TPSA) is 27.9 Å². The molecule has 0 amide bonds. The van der Waals surface area contributed by atoms with Gasteiger partial charge in [-0.1, -0.05) is 12.0 Å². The van der Waals surface area contributed by atoms with E-state index in [0.29, 0.717) is 6.54 Å². The summed E-state index contributed by atoms with van der Waals surface area (Å²) in [6, 6.07) is 7.93. The molecule has 0 aromatic carbocycles. The average molecular weight is 228 g/mol. The molecule has 0 unspecified atom stereocenters. The summed E-state index contributed by atoms with van der Waals surface area (Å²) in [6.45, 7) is 0.735. The maximum Gasteiger partial charge on any atom is 0.102 e. The van der Waals surface area contributed by atoms with Gasteiger partial charge in [-0.25, -0.2) is 0 Å². The molecule has 0 aliphatic carbocycles. The zero-order valence-electron chi connectivity index (χ0n) is 10.1. The van der Waals surface area contributed by atoms with Crippen LogP contribution in [0, 0.1) is 11.8 Å². The van der Waals surface area contributed by atoms with E-state index in [4.69, 9.17) is 0 Å². The number of aliphatic hydroxyl groups excluding tert-OH is 1. The Morgan fingerprint density at radius 1 is 1.35 bits per heavy atom. The molecule has 88 valence electrons. The van der Waals surface area contributed by atoms with E-state index in [2.05, 4.69) is 11.8 Å². The minimum Gasteiger partial charge on any atom is -0.392 e. The molecule has 0 bridgehead atoms. The highest BCUT2D eigenvalue weighted by Gasteiger charge is 2.05. The lowest BCUT2D eigenvalue weighted by molar-refractivity contribution is 0.281. The van der Waals surface area contributed by atoms with Crippen molar-refractivity contribution >= 4 is 5.52 Å². The standard InChI is InChI=1S/C14H16N2O/c1-15(2)8-5-7-14-12(11-17)10-13-6-3-4-9-16(13)14/h3-4,6,9-10,17H,8,11H2,1-2H3. The first-order valence-corrected chi connectivity index (χ1v) is 5.56. The third-order valence-electron chi connectivity index (χ3n) is 2.53. The molecule has 0 aliphatic heterocycles. The van der Waals surface area contributed by atoms with Crippen molar-refractivity contribution in [2.24, 2.45) is 0 Å². The molecule has 3 heteroatoms. The Hall–Kier alpha value is -1.76. The van der Waals surface area contributed by atoms with Gasteiger partial charge in [0.05, 0.1) is 13.2 Å². The van der Waals surface area contributed by atoms with Crippen molar-refractivity contribution in [3.05, 3.63) is 41.7 Å². The van der Waals surface area contributed by atoms with E-state index < -0.39 is 0 Å². The minimum atomic E-state index is 0.0215. The first kappa shape index (κ1) is 11.7. The predicted octanol–water partition coefficient (Wildman–Crippen LogP) is 1.34. The lowest BCUT2D eigenvalue weighted by Gasteiger charge is -2.01. The van der Waals surface area contributed by atoms with Crippen LogP contribution in [-0.2, 0) is 6.61 Å². The summed E-state index contributed by atoms with van der Waals surface area (Å²) in [4.78, 5) is 2.02. The molecule has 2 heterocycles. The number of aromatic nitrogens is 1. The Kier molecular flexibility index (Phi) is 3.48. The largest absolute Gasteiger partial charge is 0.392 e. The quantitative estimate of drug-likeness (QED) is 0.786. The van der Waals surface area contributed by atoms with Crippen molar-refractivity contribution < 1.29 is 5.11 Å². The van der Waals surface area contributed by atoms with Gasteiger partial charge in [-0.05, 0) is 38.2 Å². The molecule has 0 saturated heterocycles. The average Bonchev–Trinajstić information content (AvgIpc) is 2.67. The van der Waals surface area contributed by atoms with Crippen LogP contribution in [0.3, 0.4) is 0 Å². The third-order valence-corrected chi connectivity index (χ3v) is 2.53. The van der Waals surface area contributed by atoms with Crippen molar-refractivity contribution in [1.29, 1.82) is 0 Å². The number of nitrogens with zero attached hydrogens (tertiary/aromatic N) is 2. The summed E-state index contributed by atoms with van der Waals surface area (Å²) in [5.74, 6) is 6.23. The molecule has 2 rings (SSSR count). The van der Waals surface area contributed by atoms with Gasteiger partial charge in [0, 0.05) is 17.3 Å². The van der Waals surface area contributed by atoms with Crippen molar-refractivity contribution in [3.8, 4) is 11.8 Å². The highest BCUT2D eigenvalue weighted by molar-refractivity contribution is 5.57. The van der Waals surface area contributed by atoms with E-state index in [0.717, 1.165) is 16.8 Å². The summed E-state index contributed by atoms with van der Waals surface area (Å²) in [5.41, 5.74) is 2.82. The Morgan fingerprint density at radius 3 is 2.88 bits per heavy atom. The fourth-order valence-corrected chi connectivity index (χ4v) is 1.72. The van der Waals surface area contributed by atoms with Gasteiger partial charge in [0.2, 0.25) is 0 Å². The molecular weight excluding hydrogens is 212 g/mol. The summed E-state index contributed by atoms with van der Waals surface area (Å²) in [5, 5.41) is 9.34. The lowest BCUT2D eigenvalue weighted by atomic mass is 10.2. The lowest BCUT2D eigenvalue weighted by Crippen LogP contribution is -2.10. The molecule has 17 heavy (non-hydrogen) atoms. The van der Waals surface area contributed by atoms with E-state index in [1.54, 1.807) is 0 Å². The van der Waals surface area contributed by atoms with Gasteiger partial charge in [-0.3, -0.25) is 4.90 Å². The van der Waals surface area contributed by atoms with E-state index in [1.807, 2.05) is 53.9 Å². The first-order chi connectivity index (χ1) is 8.22. The van der Waals surface area contributed by atoms with E-state index >= 15 is 0 Å². The maximum absolute atomic E-state index is 9.34. The van der Waals surface area contributed by atoms with Crippen molar-refractivity contribution in [3.63, 3.8) is 0 Å². The monoisotopic (exact) mass is 228 g/mol. The maximum atomic E-state index is 9.34. The van der Waals surface area contributed by atoms with Crippen LogP contribution in [0.15, 0.2) is 30.5 Å². The van der Waals surface area contributed by atoms with Crippen LogP contribution in [-0.4, -0.2) is 35.0 Å². The molecule has 0 saturated carbocycles. The van der Waals surface area contributed by atoms with Crippen molar-refractivity contribution in [1.82, 2.24) is 9.30 Å². The summed E-state index contributed by atoms with van der Waals surface area (Å²) in [7, 11) is 3.97. The first-order valence-electron chi connectivity index (χ1n) is 5.56. The number of aliphatic hydroxyl groups is 1. The third kappa shape index (κ3) is 2.50. The van der Waals surface area contributed by atoms with Gasteiger partial charge in [-0.2, -0.15) is 0 Å². The zero-order valence-corrected chi connectivity index (χ0v) is 10.1. The predicted molar refractivity (Wildman–Crippen MR) is 68.8 cm³/mol. The number of hydrogen-bond donors (Lipinski definition) is 1. The normalized spacial score (nSPS) is 10.6. The van der Waals surface area contributed by atoms with Gasteiger partial charge in [0.1, 0.15) is 5.69 Å². The molecule has 0 atom stereocenters. The fourth-order valence-electron chi connectivity index (χ4n) is 1.72. The molecule has 0 aliphatic rings. The van der Waals surface area contributed by atoms with Crippen LogP contribution in [0.2, 0.25) is 0 Å². The second kappa shape index (κ2) is 5.05. The van der Waals surface area contributed by atoms with Crippen LogP contribution in [0.25, 0.3) is 5.52 Å². The summed E-state index contributed by atoms with van der Waals surface area (Å²) >= 11 is 0. The molecule has 3 nitrogen and oxygen atoms in total. The zero-order chi connectivity index (χ0) is 12.3. The molecular formula is C14H16N2O. The van der Waals surface area contributed by atoms with Crippen LogP contribution in [0.5, 0.6) is 0 Å². The van der Waals surface area contributed by atoms with Gasteiger partial charge in [0.25, 0.3) is 0 Å². The van der Waals surface area contributed by atoms with Crippen LogP contribution >= 0.6 is 0 Å². The van der Waals surface area contributed by atoms with Gasteiger partial charge < -0.3 is 9.51 Å². The van der Waals surface area contributed by atoms with Crippen molar-refractivity contribution in [2.75, 3.05) is 20.6 Å². The Labute approximate surface area is 101 Å². The number of hydrogen-bond acceptors (Lipinski definition) is 2. The van der Waals surface area contributed by atoms with Crippen molar-refractivity contribution in [2.45, 2.75) is 6.61 Å². The van der Waals surface area contributed by atoms with Gasteiger partial charge in [0.15, 0.2) is 0 Å². The highest BCUT2D eigenvalue weighted by Crippen LogP contribution is 2.15. The number of pyridine rings is 1. The van der Waals surface area contributed by atoms with Crippen LogP contribution in [0.4, 0.5) is 0 Å². The number of fused-ring (bicyclic) bond motifs is 1. The van der Waals surface area contributed by atoms with Crippen LogP contribution < -0.4 is 0 Å². The molecule has 2 aromatic heterocycles. The second-order valence-electron chi connectivity index (χ2n) is 4.21. The SMILES string of the molecule is CN(C)CC#Cc1c(CO)cc2ccccn12. The van der Waals surface area contributed by atoms with Gasteiger partial charge in [-0.15, -0.1) is 0 Å². The number of rotatable bonds is 2. The molecule has 0 fully saturated rings. The molecule has 0 radical (unpaired) electrons. The van der Waals surface area contributed by atoms with E-state index in [1.165, 1.54) is 0 Å². The minimum absolute atomic E-state index is 0.0215. The fraction of sp³-hybridized carbons (Fsp3) is 0.286. The Morgan fingerprint density at radius 2 is 2.18 bits per heavy atom. The van der Waals surface area contributed by atoms with Gasteiger partial charge >= 0.3 is 0 Å². The Balaban J connectivity index is 2.45.